The first kappa shape index (κ1) is 52.4. The number of carbonyl (C=O) groups is 3. The molecule has 3 aromatic rings. The fourth-order valence-corrected chi connectivity index (χ4v) is 3.90. The topological polar surface area (TPSA) is 263 Å². The second-order valence-corrected chi connectivity index (χ2v) is 9.50. The number of aromatic hydroxyl groups is 1. The van der Waals surface area contributed by atoms with E-state index in [1.165, 1.54) is 25.9 Å². The van der Waals surface area contributed by atoms with Crippen molar-refractivity contribution in [1.29, 1.82) is 5.41 Å². The quantitative estimate of drug-likeness (QED) is 0.0493. The van der Waals surface area contributed by atoms with Crippen molar-refractivity contribution in [2.45, 2.75) is 81.6 Å². The normalized spacial score (nSPS) is 8.94. The number of rotatable bonds is 8. The monoisotopic (exact) mass is 765 g/mol. The lowest BCUT2D eigenvalue weighted by Gasteiger charge is -2.11. The molecule has 0 radical (unpaired) electrons. The van der Waals surface area contributed by atoms with Crippen LogP contribution < -0.4 is 17.0 Å². The second kappa shape index (κ2) is 33.1. The van der Waals surface area contributed by atoms with E-state index in [2.05, 4.69) is 35.6 Å². The van der Waals surface area contributed by atoms with Gasteiger partial charge in [0.05, 0.1) is 31.4 Å². The molecule has 0 bridgehead atoms. The third-order valence-electron chi connectivity index (χ3n) is 5.30. The lowest BCUT2D eigenvalue weighted by Crippen LogP contribution is -2.27. The van der Waals surface area contributed by atoms with Crippen LogP contribution >= 0.6 is 34.8 Å². The van der Waals surface area contributed by atoms with E-state index >= 15 is 0 Å². The van der Waals surface area contributed by atoms with Crippen molar-refractivity contribution in [3.63, 3.8) is 0 Å². The van der Waals surface area contributed by atoms with Crippen LogP contribution in [-0.4, -0.2) is 72.8 Å². The van der Waals surface area contributed by atoms with Gasteiger partial charge >= 0.3 is 11.9 Å². The molecule has 0 aliphatic rings. The number of esters is 2. The Hall–Kier alpha value is -4.41. The highest BCUT2D eigenvalue weighted by atomic mass is 35.5. The number of anilines is 1. The lowest BCUT2D eigenvalue weighted by molar-refractivity contribution is -0.161. The molecule has 3 rings (SSSR count). The Morgan fingerprint density at radius 2 is 1.24 bits per heavy atom. The predicted molar refractivity (Wildman–Crippen MR) is 197 cm³/mol. The molecule has 0 unspecified atom stereocenters. The van der Waals surface area contributed by atoms with Crippen LogP contribution in [-0.2, 0) is 43.1 Å². The SMILES string of the molecule is C.CC=O.CCOC(=O)C(CC)C(=O)OCC.CCc1c(Cl)ncnc1Cl.CCc1c(N)ncnc1Cl.CCc1c(O)nc[nH]c1=O.N=CN. The highest BCUT2D eigenvalue weighted by molar-refractivity contribution is 6.34. The molecule has 0 amide bonds. The number of ether oxygens (including phenoxy) is 2. The van der Waals surface area contributed by atoms with Gasteiger partial charge < -0.3 is 35.8 Å². The van der Waals surface area contributed by atoms with Gasteiger partial charge in [0.25, 0.3) is 5.56 Å². The van der Waals surface area contributed by atoms with Gasteiger partial charge in [0, 0.05) is 11.1 Å². The predicted octanol–water partition coefficient (Wildman–Crippen LogP) is 5.19. The van der Waals surface area contributed by atoms with E-state index in [-0.39, 0.29) is 32.1 Å². The molecular weight excluding hydrogens is 717 g/mol. The van der Waals surface area contributed by atoms with Crippen LogP contribution in [0.1, 0.15) is 79.0 Å². The summed E-state index contributed by atoms with van der Waals surface area (Å²) >= 11 is 17.1. The van der Waals surface area contributed by atoms with Gasteiger partial charge in [-0.2, -0.15) is 0 Å². The molecule has 3 heterocycles. The zero-order chi connectivity index (χ0) is 38.4. The van der Waals surface area contributed by atoms with Crippen LogP contribution in [0.25, 0.3) is 0 Å². The maximum Gasteiger partial charge on any atom is 0.320 e. The maximum atomic E-state index is 11.2. The molecule has 50 heavy (non-hydrogen) atoms. The Morgan fingerprint density at radius 1 is 0.860 bits per heavy atom. The first-order valence-electron chi connectivity index (χ1n) is 14.8. The van der Waals surface area contributed by atoms with Crippen molar-refractivity contribution < 1.29 is 29.0 Å². The third-order valence-corrected chi connectivity index (χ3v) is 6.28. The van der Waals surface area contributed by atoms with Gasteiger partial charge in [-0.15, -0.1) is 0 Å². The number of aromatic amines is 1. The highest BCUT2D eigenvalue weighted by Gasteiger charge is 2.27. The lowest BCUT2D eigenvalue weighted by atomic mass is 10.1. The van der Waals surface area contributed by atoms with E-state index in [1.807, 2.05) is 13.8 Å². The van der Waals surface area contributed by atoms with Crippen LogP contribution in [0.2, 0.25) is 15.5 Å². The zero-order valence-electron chi connectivity index (χ0n) is 28.6. The number of nitrogens with two attached hydrogens (primary N) is 2. The fraction of sp³-hybridized carbons (Fsp3) is 0.484. The molecule has 282 valence electrons. The number of aromatic nitrogens is 6. The van der Waals surface area contributed by atoms with E-state index in [9.17, 15) is 14.4 Å². The van der Waals surface area contributed by atoms with E-state index in [1.54, 1.807) is 27.7 Å². The number of nitrogens with one attached hydrogen (secondary N) is 2. The van der Waals surface area contributed by atoms with E-state index < -0.39 is 17.9 Å². The minimum Gasteiger partial charge on any atom is -0.493 e. The number of H-pyrrole nitrogens is 1. The number of carbonyl (C=O) groups excluding carboxylic acids is 3. The molecule has 0 aliphatic heterocycles. The summed E-state index contributed by atoms with van der Waals surface area (Å²) in [6, 6.07) is 0. The van der Waals surface area contributed by atoms with Crippen LogP contribution in [0, 0.1) is 11.3 Å². The van der Waals surface area contributed by atoms with Gasteiger partial charge in [-0.1, -0.05) is 69.9 Å². The van der Waals surface area contributed by atoms with Gasteiger partial charge in [0.1, 0.15) is 40.2 Å². The molecular formula is C31H50Cl3N9O7. The Morgan fingerprint density at radius 3 is 1.50 bits per heavy atom. The summed E-state index contributed by atoms with van der Waals surface area (Å²) in [5.74, 6) is -1.46. The standard InChI is InChI=1S/C9H16O4.C6H6Cl2N2.C6H8ClN3.C6H8N2O2.C2H4O.CH4N2.CH4/c1-4-7(8(10)12-5-2)9(11)13-6-3;2*1-2-4-5(7)9-3-10-6(4)8;1-2-4-5(9)7-3-8-6(4)10;1-2-3;2-1-3;/h7H,4-6H2,1-3H3;3H,2H2,1H3;3H,2H2,1H3,(H2,8,9,10);3H,2H2,1H3,(H2,7,8,9,10);2H,1H3;1H,(H3,2,3);1H4. The Bertz CT molecular complexity index is 1330. The summed E-state index contributed by atoms with van der Waals surface area (Å²) in [6.45, 7) is 12.9. The van der Waals surface area contributed by atoms with E-state index in [0.29, 0.717) is 39.7 Å². The molecule has 0 aliphatic carbocycles. The largest absolute Gasteiger partial charge is 0.493 e. The van der Waals surface area contributed by atoms with Crippen LogP contribution in [0.15, 0.2) is 23.8 Å². The Labute approximate surface area is 308 Å². The molecule has 0 spiro atoms. The van der Waals surface area contributed by atoms with Gasteiger partial charge in [-0.3, -0.25) is 19.8 Å². The summed E-state index contributed by atoms with van der Waals surface area (Å²) in [6.07, 6.45) is 7.83. The molecule has 19 heteroatoms. The molecule has 0 fully saturated rings. The summed E-state index contributed by atoms with van der Waals surface area (Å²) in [4.78, 5) is 63.0. The number of halogens is 3. The van der Waals surface area contributed by atoms with Crippen molar-refractivity contribution >= 4 is 65.2 Å². The fourth-order valence-electron chi connectivity index (χ4n) is 3.05. The van der Waals surface area contributed by atoms with Crippen molar-refractivity contribution in [3.05, 3.63) is 61.5 Å². The molecule has 7 N–H and O–H groups in total. The third kappa shape index (κ3) is 22.3. The van der Waals surface area contributed by atoms with Crippen molar-refractivity contribution in [3.8, 4) is 5.88 Å². The number of hydrogen-bond donors (Lipinski definition) is 5. The molecule has 0 aromatic carbocycles. The molecule has 16 nitrogen and oxygen atoms in total. The van der Waals surface area contributed by atoms with Crippen molar-refractivity contribution in [1.82, 2.24) is 29.9 Å². The summed E-state index contributed by atoms with van der Waals surface area (Å²) in [7, 11) is 0. The second-order valence-electron chi connectivity index (χ2n) is 8.42. The molecule has 0 saturated carbocycles. The highest BCUT2D eigenvalue weighted by Crippen LogP contribution is 2.19. The van der Waals surface area contributed by atoms with Gasteiger partial charge in [-0.05, 0) is 46.5 Å². The van der Waals surface area contributed by atoms with Crippen LogP contribution in [0.4, 0.5) is 5.82 Å². The summed E-state index contributed by atoms with van der Waals surface area (Å²) < 4.78 is 9.45. The average molecular weight is 767 g/mol. The van der Waals surface area contributed by atoms with Gasteiger partial charge in [-0.25, -0.2) is 24.9 Å². The van der Waals surface area contributed by atoms with E-state index in [0.717, 1.165) is 36.6 Å². The smallest absolute Gasteiger partial charge is 0.320 e. The number of nitrogen functional groups attached to an aromatic ring is 1. The minimum absolute atomic E-state index is 0. The van der Waals surface area contributed by atoms with Crippen LogP contribution in [0.3, 0.4) is 0 Å². The molecule has 0 saturated heterocycles. The van der Waals surface area contributed by atoms with Crippen LogP contribution in [0.5, 0.6) is 5.88 Å². The Balaban J connectivity index is -0.000000267. The van der Waals surface area contributed by atoms with Crippen molar-refractivity contribution in [2.75, 3.05) is 18.9 Å². The average Bonchev–Trinajstić information content (AvgIpc) is 3.04. The number of nitrogens with zero attached hydrogens (tertiary/aromatic N) is 5. The van der Waals surface area contributed by atoms with Crippen molar-refractivity contribution in [2.24, 2.45) is 11.7 Å². The summed E-state index contributed by atoms with van der Waals surface area (Å²) in [5.41, 5.74) is 11.6. The van der Waals surface area contributed by atoms with E-state index in [4.69, 9.17) is 65.3 Å². The zero-order valence-corrected chi connectivity index (χ0v) is 30.9. The number of hydrogen-bond acceptors (Lipinski definition) is 14. The first-order chi connectivity index (χ1) is 23.3. The number of aldehydes is 1. The molecule has 3 aromatic heterocycles. The molecule has 0 atom stereocenters. The Kier molecular flexibility index (Phi) is 34.7. The van der Waals surface area contributed by atoms with Gasteiger partial charge in [0.15, 0.2) is 5.92 Å². The first-order valence-corrected chi connectivity index (χ1v) is 16.0. The van der Waals surface area contributed by atoms with Gasteiger partial charge in [0.2, 0.25) is 5.88 Å². The maximum absolute atomic E-state index is 11.2. The summed E-state index contributed by atoms with van der Waals surface area (Å²) in [5, 5.41) is 16.2. The minimum atomic E-state index is -0.764.